The highest BCUT2D eigenvalue weighted by molar-refractivity contribution is 9.10. The molecule has 4 aromatic rings. The Hall–Kier alpha value is -3.59. The summed E-state index contributed by atoms with van der Waals surface area (Å²) in [5.74, 6) is 1.44. The molecular weight excluding hydrogens is 745 g/mol. The minimum absolute atomic E-state index is 0.0988. The van der Waals surface area contributed by atoms with Crippen molar-refractivity contribution in [2.75, 3.05) is 27.4 Å². The summed E-state index contributed by atoms with van der Waals surface area (Å²) < 4.78 is 42.8. The average molecular weight is 793 g/mol. The van der Waals surface area contributed by atoms with Gasteiger partial charge in [0.2, 0.25) is 0 Å². The monoisotopic (exact) mass is 791 g/mol. The lowest BCUT2D eigenvalue weighted by molar-refractivity contribution is -0.0923. The van der Waals surface area contributed by atoms with Gasteiger partial charge < -0.3 is 28.0 Å². The molecule has 3 aromatic carbocycles. The zero-order valence-electron chi connectivity index (χ0n) is 30.5. The highest BCUT2D eigenvalue weighted by Gasteiger charge is 2.45. The topological polar surface area (TPSA) is 104 Å². The SMILES string of the molecule is COc1ccc(C(OC[C@H]2O[C@@H](n3cc(Br)ccc3=O)C[C@@H]2OP(OCCC#N)N(C(C)C)C(C)C)(c2ccccc2)c2ccc(OC)cc2)cc1. The van der Waals surface area contributed by atoms with E-state index in [-0.39, 0.29) is 37.3 Å². The molecule has 10 nitrogen and oxygen atoms in total. The van der Waals surface area contributed by atoms with E-state index in [2.05, 4.69) is 54.4 Å². The van der Waals surface area contributed by atoms with E-state index in [9.17, 15) is 10.1 Å². The normalized spacial score (nSPS) is 18.1. The van der Waals surface area contributed by atoms with E-state index in [1.807, 2.05) is 78.9 Å². The number of hydrogen-bond acceptors (Lipinski definition) is 9. The summed E-state index contributed by atoms with van der Waals surface area (Å²) in [6, 6.07) is 31.4. The lowest BCUT2D eigenvalue weighted by Gasteiger charge is -2.39. The Bertz CT molecular complexity index is 1760. The molecule has 1 aliphatic heterocycles. The van der Waals surface area contributed by atoms with Gasteiger partial charge in [0.15, 0.2) is 0 Å². The third-order valence-corrected chi connectivity index (χ3v) is 11.5. The first-order valence-corrected chi connectivity index (χ1v) is 19.3. The van der Waals surface area contributed by atoms with E-state index < -0.39 is 32.6 Å². The van der Waals surface area contributed by atoms with Gasteiger partial charge in [-0.25, -0.2) is 4.67 Å². The van der Waals surface area contributed by atoms with Crippen LogP contribution >= 0.6 is 24.5 Å². The Labute approximate surface area is 316 Å². The quantitative estimate of drug-likeness (QED) is 0.0591. The predicted molar refractivity (Wildman–Crippen MR) is 205 cm³/mol. The third kappa shape index (κ3) is 9.12. The number of aromatic nitrogens is 1. The van der Waals surface area contributed by atoms with E-state index in [0.717, 1.165) is 32.7 Å². The zero-order chi connectivity index (χ0) is 37.3. The van der Waals surface area contributed by atoms with E-state index in [1.54, 1.807) is 31.0 Å². The van der Waals surface area contributed by atoms with E-state index in [4.69, 9.17) is 28.0 Å². The number of rotatable bonds is 17. The minimum atomic E-state index is -1.61. The smallest absolute Gasteiger partial charge is 0.259 e. The Balaban J connectivity index is 1.59. The molecule has 12 heteroatoms. The summed E-state index contributed by atoms with van der Waals surface area (Å²) in [7, 11) is 1.67. The fraction of sp³-hybridized carbons (Fsp3) is 0.400. The molecule has 1 aliphatic rings. The maximum absolute atomic E-state index is 13.1. The summed E-state index contributed by atoms with van der Waals surface area (Å²) in [6.45, 7) is 8.72. The maximum Gasteiger partial charge on any atom is 0.259 e. The van der Waals surface area contributed by atoms with E-state index in [1.165, 1.54) is 6.07 Å². The summed E-state index contributed by atoms with van der Waals surface area (Å²) in [4.78, 5) is 13.1. The van der Waals surface area contributed by atoms with Gasteiger partial charge in [0.1, 0.15) is 29.4 Å². The van der Waals surface area contributed by atoms with Crippen LogP contribution in [0, 0.1) is 11.3 Å². The predicted octanol–water partition coefficient (Wildman–Crippen LogP) is 8.59. The van der Waals surface area contributed by atoms with Gasteiger partial charge in [0, 0.05) is 35.2 Å². The Morgan fingerprint density at radius 2 is 1.48 bits per heavy atom. The summed E-state index contributed by atoms with van der Waals surface area (Å²) in [6.07, 6.45) is 0.582. The summed E-state index contributed by atoms with van der Waals surface area (Å²) >= 11 is 3.52. The maximum atomic E-state index is 13.1. The number of nitriles is 1. The van der Waals surface area contributed by atoms with Crippen LogP contribution < -0.4 is 15.0 Å². The van der Waals surface area contributed by atoms with Crippen molar-refractivity contribution < 1.29 is 28.0 Å². The molecular formula is C40H47BrN3O7P. The second-order valence-corrected chi connectivity index (χ2v) is 15.3. The van der Waals surface area contributed by atoms with Crippen molar-refractivity contribution in [3.63, 3.8) is 0 Å². The molecule has 4 atom stereocenters. The number of methoxy groups -OCH3 is 2. The number of hydrogen-bond donors (Lipinski definition) is 0. The second kappa shape index (κ2) is 18.4. The fourth-order valence-electron chi connectivity index (χ4n) is 6.53. The van der Waals surface area contributed by atoms with Crippen LogP contribution in [0.25, 0.3) is 0 Å². The number of benzene rings is 3. The van der Waals surface area contributed by atoms with Crippen molar-refractivity contribution in [2.24, 2.45) is 0 Å². The Kier molecular flexibility index (Phi) is 14.0. The minimum Gasteiger partial charge on any atom is -0.497 e. The first-order valence-electron chi connectivity index (χ1n) is 17.4. The molecule has 0 bridgehead atoms. The average Bonchev–Trinajstić information content (AvgIpc) is 3.55. The van der Waals surface area contributed by atoms with Crippen molar-refractivity contribution in [3.05, 3.63) is 129 Å². The van der Waals surface area contributed by atoms with Gasteiger partial charge in [-0.05, 0) is 90.6 Å². The molecule has 0 amide bonds. The second-order valence-electron chi connectivity index (χ2n) is 13.0. The van der Waals surface area contributed by atoms with Crippen LogP contribution in [0.5, 0.6) is 11.5 Å². The van der Waals surface area contributed by atoms with Crippen molar-refractivity contribution in [1.82, 2.24) is 9.24 Å². The van der Waals surface area contributed by atoms with Gasteiger partial charge in [0.05, 0.1) is 46.0 Å². The molecule has 1 saturated heterocycles. The van der Waals surface area contributed by atoms with Crippen LogP contribution in [0.4, 0.5) is 0 Å². The molecule has 0 aliphatic carbocycles. The molecule has 0 saturated carbocycles. The molecule has 276 valence electrons. The van der Waals surface area contributed by atoms with Crippen molar-refractivity contribution >= 4 is 24.5 Å². The molecule has 1 unspecified atom stereocenters. The summed E-state index contributed by atoms with van der Waals surface area (Å²) in [5, 5.41) is 9.29. The van der Waals surface area contributed by atoms with Gasteiger partial charge >= 0.3 is 0 Å². The number of nitrogens with zero attached hydrogens (tertiary/aromatic N) is 3. The molecule has 5 rings (SSSR count). The van der Waals surface area contributed by atoms with E-state index in [0.29, 0.717) is 6.42 Å². The highest BCUT2D eigenvalue weighted by atomic mass is 79.9. The first kappa shape index (κ1) is 39.6. The molecule has 0 spiro atoms. The number of ether oxygens (including phenoxy) is 4. The van der Waals surface area contributed by atoms with Crippen molar-refractivity contribution in [1.29, 1.82) is 5.26 Å². The zero-order valence-corrected chi connectivity index (χ0v) is 33.0. The largest absolute Gasteiger partial charge is 0.497 e. The van der Waals surface area contributed by atoms with Crippen LogP contribution in [0.2, 0.25) is 0 Å². The van der Waals surface area contributed by atoms with Crippen LogP contribution in [0.1, 0.15) is 63.5 Å². The van der Waals surface area contributed by atoms with Crippen LogP contribution in [0.15, 0.2) is 106 Å². The van der Waals surface area contributed by atoms with Gasteiger partial charge in [-0.1, -0.05) is 54.6 Å². The van der Waals surface area contributed by atoms with Crippen molar-refractivity contribution in [2.45, 2.75) is 76.7 Å². The fourth-order valence-corrected chi connectivity index (χ4v) is 8.64. The molecule has 2 heterocycles. The molecule has 0 radical (unpaired) electrons. The third-order valence-electron chi connectivity index (χ3n) is 8.92. The van der Waals surface area contributed by atoms with Gasteiger partial charge in [0.25, 0.3) is 14.1 Å². The molecule has 0 N–H and O–H groups in total. The Morgan fingerprint density at radius 3 is 2.02 bits per heavy atom. The lowest BCUT2D eigenvalue weighted by atomic mass is 9.80. The number of halogens is 1. The molecule has 1 aromatic heterocycles. The summed E-state index contributed by atoms with van der Waals surface area (Å²) in [5.41, 5.74) is 1.39. The first-order chi connectivity index (χ1) is 25.1. The van der Waals surface area contributed by atoms with Crippen LogP contribution in [-0.2, 0) is 24.1 Å². The van der Waals surface area contributed by atoms with Crippen LogP contribution in [-0.4, -0.2) is 61.0 Å². The standard InChI is InChI=1S/C40H47BrN3O7P/c1-28(2)44(29(3)4)52(49-24-10-23-42)51-36-25-39(43-26-33(41)17-22-38(43)45)50-37(36)27-48-40(30-11-8-7-9-12-30,31-13-18-34(46-5)19-14-31)32-15-20-35(47-6)21-16-32/h7-9,11-22,26,28-29,36-37,39H,10,24-25,27H2,1-6H3/t36-,37+,39+,52?/m0/s1. The Morgan fingerprint density at radius 1 is 0.904 bits per heavy atom. The van der Waals surface area contributed by atoms with Gasteiger partial charge in [-0.2, -0.15) is 5.26 Å². The highest BCUT2D eigenvalue weighted by Crippen LogP contribution is 2.50. The van der Waals surface area contributed by atoms with Gasteiger partial charge in [-0.3, -0.25) is 9.36 Å². The van der Waals surface area contributed by atoms with Crippen molar-refractivity contribution in [3.8, 4) is 17.6 Å². The van der Waals surface area contributed by atoms with E-state index >= 15 is 0 Å². The lowest BCUT2D eigenvalue weighted by Crippen LogP contribution is -2.39. The molecule has 1 fully saturated rings. The number of pyridine rings is 1. The molecule has 52 heavy (non-hydrogen) atoms. The van der Waals surface area contributed by atoms with Gasteiger partial charge in [-0.15, -0.1) is 0 Å². The van der Waals surface area contributed by atoms with Crippen LogP contribution in [0.3, 0.4) is 0 Å².